The van der Waals surface area contributed by atoms with E-state index < -0.39 is 0 Å². The van der Waals surface area contributed by atoms with Gasteiger partial charge in [0.25, 0.3) is 5.91 Å². The first-order chi connectivity index (χ1) is 12.3. The number of aryl methyl sites for hydroxylation is 2. The van der Waals surface area contributed by atoms with Crippen LogP contribution in [0.2, 0.25) is 0 Å². The van der Waals surface area contributed by atoms with Crippen LogP contribution in [-0.2, 0) is 17.6 Å². The number of hydrogen-bond donors (Lipinski definition) is 3. The number of nitrogens with one attached hydrogen (secondary N) is 3. The second-order valence-corrected chi connectivity index (χ2v) is 6.68. The highest BCUT2D eigenvalue weighted by Gasteiger charge is 2.26. The Kier molecular flexibility index (Phi) is 4.68. The lowest BCUT2D eigenvalue weighted by atomic mass is 10.0. The maximum Gasteiger partial charge on any atom is 0.259 e. The fourth-order valence-electron chi connectivity index (χ4n) is 3.58. The molecule has 0 spiro atoms. The number of ether oxygens (including phenoxy) is 1. The zero-order valence-corrected chi connectivity index (χ0v) is 14.1. The van der Waals surface area contributed by atoms with Crippen molar-refractivity contribution in [2.24, 2.45) is 0 Å². The van der Waals surface area contributed by atoms with Crippen molar-refractivity contribution in [1.82, 2.24) is 16.2 Å². The molecule has 2 atom stereocenters. The molecule has 0 aromatic heterocycles. The van der Waals surface area contributed by atoms with Crippen LogP contribution in [-0.4, -0.2) is 18.7 Å². The molecule has 1 aliphatic carbocycles. The summed E-state index contributed by atoms with van der Waals surface area (Å²) in [5.41, 5.74) is 10.3. The first-order valence-corrected chi connectivity index (χ1v) is 8.88. The van der Waals surface area contributed by atoms with Gasteiger partial charge in [0.15, 0.2) is 6.61 Å². The Morgan fingerprint density at radius 2 is 1.92 bits per heavy atom. The Morgan fingerprint density at radius 1 is 1.08 bits per heavy atom. The Hall–Kier alpha value is -2.37. The van der Waals surface area contributed by atoms with E-state index in [1.807, 2.05) is 24.3 Å². The molecule has 1 saturated heterocycles. The fraction of sp³-hybridized carbons (Fsp3) is 0.350. The van der Waals surface area contributed by atoms with E-state index in [1.165, 1.54) is 23.1 Å². The zero-order valence-electron chi connectivity index (χ0n) is 14.1. The van der Waals surface area contributed by atoms with Crippen molar-refractivity contribution in [3.8, 4) is 5.75 Å². The average Bonchev–Trinajstić information content (AvgIpc) is 3.29. The molecule has 1 heterocycles. The minimum atomic E-state index is -0.117. The standard InChI is InChI=1S/C20H23N3O2/c24-20(13-25-17-10-9-14-7-4-8-16(14)11-17)21-19-12-18(22-23-19)15-5-2-1-3-6-15/h1-3,5-6,9-11,18-19,22-23H,4,7-8,12-13H2,(H,21,24). The van der Waals surface area contributed by atoms with Crippen LogP contribution >= 0.6 is 0 Å². The predicted molar refractivity (Wildman–Crippen MR) is 96.0 cm³/mol. The van der Waals surface area contributed by atoms with Crippen LogP contribution in [0.3, 0.4) is 0 Å². The van der Waals surface area contributed by atoms with Crippen LogP contribution in [0.25, 0.3) is 0 Å². The third kappa shape index (κ3) is 3.83. The zero-order chi connectivity index (χ0) is 17.1. The second-order valence-electron chi connectivity index (χ2n) is 6.68. The molecule has 130 valence electrons. The van der Waals surface area contributed by atoms with Crippen LogP contribution in [0.5, 0.6) is 5.75 Å². The van der Waals surface area contributed by atoms with Crippen LogP contribution in [0, 0.1) is 0 Å². The van der Waals surface area contributed by atoms with E-state index in [0.29, 0.717) is 0 Å². The molecule has 2 aliphatic rings. The summed E-state index contributed by atoms with van der Waals surface area (Å²) in [7, 11) is 0. The van der Waals surface area contributed by atoms with E-state index in [1.54, 1.807) is 0 Å². The molecule has 1 fully saturated rings. The molecule has 4 rings (SSSR count). The number of carbonyl (C=O) groups excluding carboxylic acids is 1. The summed E-state index contributed by atoms with van der Waals surface area (Å²) in [6, 6.07) is 16.5. The highest BCUT2D eigenvalue weighted by molar-refractivity contribution is 5.77. The molecule has 0 saturated carbocycles. The van der Waals surface area contributed by atoms with Crippen LogP contribution in [0.1, 0.15) is 35.6 Å². The summed E-state index contributed by atoms with van der Waals surface area (Å²) in [5.74, 6) is 0.656. The number of rotatable bonds is 5. The van der Waals surface area contributed by atoms with Crippen molar-refractivity contribution in [1.29, 1.82) is 0 Å². The van der Waals surface area contributed by atoms with Gasteiger partial charge in [0, 0.05) is 12.5 Å². The molecule has 5 heteroatoms. The average molecular weight is 337 g/mol. The summed E-state index contributed by atoms with van der Waals surface area (Å²) in [5, 5.41) is 2.96. The Balaban J connectivity index is 1.25. The van der Waals surface area contributed by atoms with Gasteiger partial charge in [-0.05, 0) is 48.1 Å². The van der Waals surface area contributed by atoms with E-state index in [9.17, 15) is 4.79 Å². The first-order valence-electron chi connectivity index (χ1n) is 8.88. The van der Waals surface area contributed by atoms with Crippen LogP contribution in [0.15, 0.2) is 48.5 Å². The third-order valence-corrected chi connectivity index (χ3v) is 4.88. The van der Waals surface area contributed by atoms with Gasteiger partial charge in [-0.1, -0.05) is 36.4 Å². The monoisotopic (exact) mass is 337 g/mol. The molecule has 1 amide bonds. The Bertz CT molecular complexity index is 748. The van der Waals surface area contributed by atoms with Gasteiger partial charge in [0.1, 0.15) is 5.75 Å². The van der Waals surface area contributed by atoms with Gasteiger partial charge in [-0.2, -0.15) is 0 Å². The van der Waals surface area contributed by atoms with Crippen molar-refractivity contribution >= 4 is 5.91 Å². The number of carbonyl (C=O) groups is 1. The molecule has 2 unspecified atom stereocenters. The Labute approximate surface area is 147 Å². The summed E-state index contributed by atoms with van der Waals surface area (Å²) in [6.45, 7) is 0.0347. The molecule has 0 radical (unpaired) electrons. The minimum Gasteiger partial charge on any atom is -0.484 e. The lowest BCUT2D eigenvalue weighted by molar-refractivity contribution is -0.123. The second kappa shape index (κ2) is 7.25. The Morgan fingerprint density at radius 3 is 2.80 bits per heavy atom. The lowest BCUT2D eigenvalue weighted by Gasteiger charge is -2.13. The summed E-state index contributed by atoms with van der Waals surface area (Å²) < 4.78 is 5.65. The molecule has 1 aliphatic heterocycles. The smallest absolute Gasteiger partial charge is 0.259 e. The van der Waals surface area contributed by atoms with E-state index in [2.05, 4.69) is 40.4 Å². The lowest BCUT2D eigenvalue weighted by Crippen LogP contribution is -2.45. The molecule has 2 aromatic rings. The van der Waals surface area contributed by atoms with Crippen LogP contribution in [0.4, 0.5) is 0 Å². The van der Waals surface area contributed by atoms with E-state index in [-0.39, 0.29) is 24.7 Å². The van der Waals surface area contributed by atoms with Crippen molar-refractivity contribution in [2.45, 2.75) is 37.9 Å². The van der Waals surface area contributed by atoms with E-state index in [0.717, 1.165) is 25.0 Å². The van der Waals surface area contributed by atoms with Crippen LogP contribution < -0.4 is 20.9 Å². The maximum absolute atomic E-state index is 12.1. The third-order valence-electron chi connectivity index (χ3n) is 4.88. The summed E-state index contributed by atoms with van der Waals surface area (Å²) in [4.78, 5) is 12.1. The van der Waals surface area contributed by atoms with Crippen molar-refractivity contribution in [3.05, 3.63) is 65.2 Å². The number of hydrogen-bond acceptors (Lipinski definition) is 4. The fourth-order valence-corrected chi connectivity index (χ4v) is 3.58. The van der Waals surface area contributed by atoms with E-state index >= 15 is 0 Å². The number of amides is 1. The first kappa shape index (κ1) is 16.1. The van der Waals surface area contributed by atoms with Gasteiger partial charge < -0.3 is 10.1 Å². The van der Waals surface area contributed by atoms with Crippen molar-refractivity contribution in [2.75, 3.05) is 6.61 Å². The van der Waals surface area contributed by atoms with Gasteiger partial charge in [-0.3, -0.25) is 4.79 Å². The molecular formula is C20H23N3O2. The SMILES string of the molecule is O=C(COc1ccc2c(c1)CCC2)NC1CC(c2ccccc2)NN1. The number of fused-ring (bicyclic) bond motifs is 1. The van der Waals surface area contributed by atoms with Gasteiger partial charge in [-0.25, -0.2) is 10.9 Å². The predicted octanol–water partition coefficient (Wildman–Crippen LogP) is 2.24. The van der Waals surface area contributed by atoms with Gasteiger partial charge in [-0.15, -0.1) is 0 Å². The quantitative estimate of drug-likeness (QED) is 0.783. The largest absolute Gasteiger partial charge is 0.484 e. The topological polar surface area (TPSA) is 62.4 Å². The highest BCUT2D eigenvalue weighted by atomic mass is 16.5. The molecule has 25 heavy (non-hydrogen) atoms. The van der Waals surface area contributed by atoms with Crippen molar-refractivity contribution in [3.63, 3.8) is 0 Å². The van der Waals surface area contributed by atoms with Gasteiger partial charge >= 0.3 is 0 Å². The summed E-state index contributed by atoms with van der Waals surface area (Å²) in [6.07, 6.45) is 4.17. The molecule has 2 aromatic carbocycles. The van der Waals surface area contributed by atoms with Gasteiger partial charge in [0.2, 0.25) is 0 Å². The minimum absolute atomic E-state index is 0.0347. The normalized spacial score (nSPS) is 21.8. The molecular weight excluding hydrogens is 314 g/mol. The number of benzene rings is 2. The summed E-state index contributed by atoms with van der Waals surface area (Å²) >= 11 is 0. The number of hydrazine groups is 1. The maximum atomic E-state index is 12.1. The molecule has 0 bridgehead atoms. The van der Waals surface area contributed by atoms with Crippen molar-refractivity contribution < 1.29 is 9.53 Å². The molecule has 5 nitrogen and oxygen atoms in total. The van der Waals surface area contributed by atoms with E-state index in [4.69, 9.17) is 4.74 Å². The van der Waals surface area contributed by atoms with Gasteiger partial charge in [0.05, 0.1) is 6.17 Å². The molecule has 3 N–H and O–H groups in total. The highest BCUT2D eigenvalue weighted by Crippen LogP contribution is 2.26.